The number of hydrogen-bond donors (Lipinski definition) is 1. The van der Waals surface area contributed by atoms with Crippen LogP contribution in [0.15, 0.2) is 24.3 Å². The number of nitrogens with one attached hydrogen (secondary N) is 1. The van der Waals surface area contributed by atoms with E-state index in [1.54, 1.807) is 6.92 Å². The van der Waals surface area contributed by atoms with Crippen molar-refractivity contribution in [3.8, 4) is 5.75 Å². The first kappa shape index (κ1) is 12.2. The fourth-order valence-electron chi connectivity index (χ4n) is 2.02. The minimum Gasteiger partial charge on any atom is -0.493 e. The van der Waals surface area contributed by atoms with Crippen molar-refractivity contribution < 1.29 is 17.9 Å². The number of fused-ring (bicyclic) bond motifs is 1. The van der Waals surface area contributed by atoms with Gasteiger partial charge in [-0.1, -0.05) is 18.2 Å². The second kappa shape index (κ2) is 4.56. The third-order valence-corrected chi connectivity index (χ3v) is 2.96. The van der Waals surface area contributed by atoms with Crippen molar-refractivity contribution in [3.63, 3.8) is 0 Å². The molecule has 5 heteroatoms. The fourth-order valence-corrected chi connectivity index (χ4v) is 2.02. The fraction of sp³-hybridized carbons (Fsp3) is 0.500. The van der Waals surface area contributed by atoms with E-state index in [1.165, 1.54) is 0 Å². The Morgan fingerprint density at radius 3 is 2.82 bits per heavy atom. The highest BCUT2D eigenvalue weighted by molar-refractivity contribution is 5.40. The lowest BCUT2D eigenvalue weighted by Gasteiger charge is -2.20. The van der Waals surface area contributed by atoms with Crippen molar-refractivity contribution in [2.45, 2.75) is 25.1 Å². The summed E-state index contributed by atoms with van der Waals surface area (Å²) in [6.45, 7) is 1.22. The van der Waals surface area contributed by atoms with Gasteiger partial charge in [-0.3, -0.25) is 0 Å². The highest BCUT2D eigenvalue weighted by Gasteiger charge is 2.32. The van der Waals surface area contributed by atoms with Gasteiger partial charge in [0.15, 0.2) is 0 Å². The van der Waals surface area contributed by atoms with Gasteiger partial charge in [-0.2, -0.15) is 13.2 Å². The van der Waals surface area contributed by atoms with E-state index in [9.17, 15) is 13.2 Å². The van der Waals surface area contributed by atoms with Gasteiger partial charge in [-0.15, -0.1) is 0 Å². The second-order valence-electron chi connectivity index (χ2n) is 4.24. The zero-order chi connectivity index (χ0) is 12.5. The summed E-state index contributed by atoms with van der Waals surface area (Å²) < 4.78 is 41.8. The van der Waals surface area contributed by atoms with E-state index in [-0.39, 0.29) is 12.0 Å². The van der Waals surface area contributed by atoms with Crippen molar-refractivity contribution in [1.82, 2.24) is 5.32 Å². The third kappa shape index (κ3) is 2.91. The van der Waals surface area contributed by atoms with Gasteiger partial charge in [-0.25, -0.2) is 0 Å². The first-order valence-corrected chi connectivity index (χ1v) is 5.49. The van der Waals surface area contributed by atoms with E-state index in [1.807, 2.05) is 24.3 Å². The summed E-state index contributed by atoms with van der Waals surface area (Å²) in [7, 11) is 0. The molecule has 1 aromatic carbocycles. The summed E-state index contributed by atoms with van der Waals surface area (Å²) in [5, 5.41) is 2.50. The summed E-state index contributed by atoms with van der Waals surface area (Å²) in [6.07, 6.45) is -4.17. The van der Waals surface area contributed by atoms with Crippen LogP contribution in [-0.2, 0) is 0 Å². The number of hydrogen-bond acceptors (Lipinski definition) is 2. The molecule has 0 saturated heterocycles. The molecule has 1 aliphatic heterocycles. The third-order valence-electron chi connectivity index (χ3n) is 2.96. The highest BCUT2D eigenvalue weighted by atomic mass is 19.4. The van der Waals surface area contributed by atoms with Crippen LogP contribution in [0.25, 0.3) is 0 Å². The van der Waals surface area contributed by atoms with E-state index in [0.717, 1.165) is 11.3 Å². The minimum atomic E-state index is -4.17. The Hall–Kier alpha value is -1.23. The molecule has 1 aromatic rings. The molecule has 0 bridgehead atoms. The molecule has 2 atom stereocenters. The molecule has 2 nitrogen and oxygen atoms in total. The van der Waals surface area contributed by atoms with Crippen LogP contribution in [-0.4, -0.2) is 25.4 Å². The van der Waals surface area contributed by atoms with Gasteiger partial charge in [-0.05, 0) is 13.0 Å². The maximum absolute atomic E-state index is 12.1. The summed E-state index contributed by atoms with van der Waals surface area (Å²) >= 11 is 0. The van der Waals surface area contributed by atoms with Crippen molar-refractivity contribution in [2.75, 3.05) is 13.2 Å². The smallest absolute Gasteiger partial charge is 0.401 e. The average molecular weight is 245 g/mol. The van der Waals surface area contributed by atoms with Crippen LogP contribution in [0.5, 0.6) is 5.75 Å². The molecule has 1 aliphatic rings. The van der Waals surface area contributed by atoms with Crippen LogP contribution < -0.4 is 10.1 Å². The van der Waals surface area contributed by atoms with Gasteiger partial charge in [0, 0.05) is 17.5 Å². The summed E-state index contributed by atoms with van der Waals surface area (Å²) in [5.41, 5.74) is 0.981. The molecule has 0 amide bonds. The molecule has 0 fully saturated rings. The molecular formula is C12H14F3NO. The predicted molar refractivity (Wildman–Crippen MR) is 58.2 cm³/mol. The normalized spacial score (nSPS) is 20.8. The van der Waals surface area contributed by atoms with E-state index < -0.39 is 12.7 Å². The SMILES string of the molecule is CC(NCC(F)(F)F)C1COc2ccccc21. The van der Waals surface area contributed by atoms with Gasteiger partial charge < -0.3 is 10.1 Å². The Balaban J connectivity index is 2.00. The van der Waals surface area contributed by atoms with E-state index in [4.69, 9.17) is 4.74 Å². The van der Waals surface area contributed by atoms with Crippen molar-refractivity contribution in [3.05, 3.63) is 29.8 Å². The topological polar surface area (TPSA) is 21.3 Å². The molecule has 0 spiro atoms. The zero-order valence-corrected chi connectivity index (χ0v) is 9.42. The van der Waals surface area contributed by atoms with Crippen molar-refractivity contribution in [2.24, 2.45) is 0 Å². The second-order valence-corrected chi connectivity index (χ2v) is 4.24. The number of ether oxygens (including phenoxy) is 1. The van der Waals surface area contributed by atoms with Crippen LogP contribution in [0, 0.1) is 0 Å². The van der Waals surface area contributed by atoms with Gasteiger partial charge in [0.1, 0.15) is 5.75 Å². The number of benzene rings is 1. The first-order valence-electron chi connectivity index (χ1n) is 5.49. The molecular weight excluding hydrogens is 231 g/mol. The molecule has 1 heterocycles. The van der Waals surface area contributed by atoms with Crippen LogP contribution in [0.4, 0.5) is 13.2 Å². The predicted octanol–water partition coefficient (Wildman–Crippen LogP) is 2.70. The largest absolute Gasteiger partial charge is 0.493 e. The number of para-hydroxylation sites is 1. The minimum absolute atomic E-state index is 0.0199. The van der Waals surface area contributed by atoms with Crippen molar-refractivity contribution >= 4 is 0 Å². The molecule has 0 radical (unpaired) electrons. The Morgan fingerprint density at radius 1 is 1.41 bits per heavy atom. The Bertz CT molecular complexity index is 392. The molecule has 94 valence electrons. The van der Waals surface area contributed by atoms with E-state index >= 15 is 0 Å². The molecule has 2 unspecified atom stereocenters. The first-order chi connectivity index (χ1) is 7.97. The Morgan fingerprint density at radius 2 is 2.12 bits per heavy atom. The monoisotopic (exact) mass is 245 g/mol. The van der Waals surface area contributed by atoms with E-state index in [0.29, 0.717) is 6.61 Å². The number of alkyl halides is 3. The molecule has 2 rings (SSSR count). The summed E-state index contributed by atoms with van der Waals surface area (Å²) in [6, 6.07) is 7.21. The average Bonchev–Trinajstić information content (AvgIpc) is 2.68. The standard InChI is InChI=1S/C12H14F3NO/c1-8(16-7-12(13,14)15)10-6-17-11-5-3-2-4-9(10)11/h2-5,8,10,16H,6-7H2,1H3. The summed E-state index contributed by atoms with van der Waals surface area (Å²) in [4.78, 5) is 0. The molecule has 0 aromatic heterocycles. The van der Waals surface area contributed by atoms with Crippen LogP contribution in [0.3, 0.4) is 0 Å². The maximum Gasteiger partial charge on any atom is 0.401 e. The summed E-state index contributed by atoms with van der Waals surface area (Å²) in [5.74, 6) is 0.756. The van der Waals surface area contributed by atoms with Gasteiger partial charge in [0.25, 0.3) is 0 Å². The number of rotatable bonds is 3. The highest BCUT2D eigenvalue weighted by Crippen LogP contribution is 2.35. The van der Waals surface area contributed by atoms with Gasteiger partial charge in [0.05, 0.1) is 13.2 Å². The quantitative estimate of drug-likeness (QED) is 0.884. The van der Waals surface area contributed by atoms with E-state index in [2.05, 4.69) is 5.32 Å². The van der Waals surface area contributed by atoms with Crippen LogP contribution >= 0.6 is 0 Å². The zero-order valence-electron chi connectivity index (χ0n) is 9.42. The molecule has 0 aliphatic carbocycles. The molecule has 17 heavy (non-hydrogen) atoms. The number of halogens is 3. The van der Waals surface area contributed by atoms with Gasteiger partial charge >= 0.3 is 6.18 Å². The van der Waals surface area contributed by atoms with Crippen LogP contribution in [0.1, 0.15) is 18.4 Å². The lowest BCUT2D eigenvalue weighted by molar-refractivity contribution is -0.126. The lowest BCUT2D eigenvalue weighted by atomic mass is 9.94. The maximum atomic E-state index is 12.1. The molecule has 0 saturated carbocycles. The molecule has 1 N–H and O–H groups in total. The Kier molecular flexibility index (Phi) is 3.28. The van der Waals surface area contributed by atoms with Crippen molar-refractivity contribution in [1.29, 1.82) is 0 Å². The lowest BCUT2D eigenvalue weighted by Crippen LogP contribution is -2.39. The Labute approximate surface area is 97.8 Å². The van der Waals surface area contributed by atoms with Crippen LogP contribution in [0.2, 0.25) is 0 Å². The van der Waals surface area contributed by atoms with Gasteiger partial charge in [0.2, 0.25) is 0 Å².